The Bertz CT molecular complexity index is 944. The van der Waals surface area contributed by atoms with Crippen LogP contribution in [0.1, 0.15) is 0 Å². The monoisotopic (exact) mass is 403 g/mol. The summed E-state index contributed by atoms with van der Waals surface area (Å²) in [5.41, 5.74) is 4.36. The van der Waals surface area contributed by atoms with E-state index >= 15 is 0 Å². The molecule has 0 fully saturated rings. The van der Waals surface area contributed by atoms with Gasteiger partial charge >= 0.3 is 154 Å². The Balaban J connectivity index is 1.97. The Morgan fingerprint density at radius 1 is 0.680 bits per heavy atom. The van der Waals surface area contributed by atoms with Crippen molar-refractivity contribution in [3.8, 4) is 0 Å². The van der Waals surface area contributed by atoms with Gasteiger partial charge in [-0.05, 0) is 0 Å². The third-order valence-corrected chi connectivity index (χ3v) is 17.1. The van der Waals surface area contributed by atoms with Gasteiger partial charge in [-0.3, -0.25) is 0 Å². The second kappa shape index (κ2) is 4.89. The van der Waals surface area contributed by atoms with Crippen molar-refractivity contribution in [2.45, 2.75) is 24.6 Å². The molecule has 0 unspecified atom stereocenters. The van der Waals surface area contributed by atoms with Crippen LogP contribution in [-0.2, 0) is 0 Å². The first kappa shape index (κ1) is 15.5. The van der Waals surface area contributed by atoms with Crippen LogP contribution in [0.2, 0.25) is 24.6 Å². The minimum absolute atomic E-state index is 1.41. The van der Waals surface area contributed by atoms with Gasteiger partial charge in [0.05, 0.1) is 0 Å². The molecule has 0 amide bonds. The number of anilines is 3. The van der Waals surface area contributed by atoms with E-state index in [0.717, 1.165) is 0 Å². The van der Waals surface area contributed by atoms with E-state index in [1.54, 1.807) is 19.2 Å². The zero-order valence-corrected chi connectivity index (χ0v) is 18.4. The third kappa shape index (κ3) is 1.84. The fourth-order valence-electron chi connectivity index (χ4n) is 4.85. The van der Waals surface area contributed by atoms with Crippen molar-refractivity contribution >= 4 is 57.6 Å². The Hall–Kier alpha value is -1.78. The molecule has 3 aromatic rings. The quantitative estimate of drug-likeness (QED) is 0.521. The fourth-order valence-corrected chi connectivity index (χ4v) is 14.4. The number of hydrogen-bond acceptors (Lipinski definition) is 1. The number of benzene rings is 3. The van der Waals surface area contributed by atoms with E-state index in [2.05, 4.69) is 96.2 Å². The summed E-state index contributed by atoms with van der Waals surface area (Å²) in [7, 11) is -1.68. The zero-order chi connectivity index (χ0) is 17.4. The topological polar surface area (TPSA) is 3.24 Å². The molecule has 124 valence electrons. The molecule has 0 saturated heterocycles. The van der Waals surface area contributed by atoms with Crippen molar-refractivity contribution in [1.29, 1.82) is 0 Å². The molecule has 5 rings (SSSR count). The van der Waals surface area contributed by atoms with Crippen LogP contribution in [0, 0.1) is 0 Å². The van der Waals surface area contributed by atoms with E-state index in [1.807, 2.05) is 0 Å². The van der Waals surface area contributed by atoms with Crippen LogP contribution in [0.25, 0.3) is 0 Å². The normalized spacial score (nSPS) is 18.2. The number of hydrogen-bond donors (Lipinski definition) is 0. The van der Waals surface area contributed by atoms with Gasteiger partial charge in [-0.2, -0.15) is 0 Å². The Kier molecular flexibility index (Phi) is 3.03. The number of para-hydroxylation sites is 3. The molecule has 0 atom stereocenters. The Labute approximate surface area is 153 Å². The van der Waals surface area contributed by atoms with Gasteiger partial charge in [0.1, 0.15) is 0 Å². The molecular weight excluding hydrogens is 379 g/mol. The van der Waals surface area contributed by atoms with Crippen molar-refractivity contribution in [3.63, 3.8) is 0 Å². The molecule has 0 saturated carbocycles. The van der Waals surface area contributed by atoms with Crippen LogP contribution in [0.5, 0.6) is 0 Å². The van der Waals surface area contributed by atoms with Gasteiger partial charge in [0.15, 0.2) is 0 Å². The predicted octanol–water partition coefficient (Wildman–Crippen LogP) is 3.43. The summed E-state index contributed by atoms with van der Waals surface area (Å²) in [6, 6.07) is 25.4. The average Bonchev–Trinajstić information content (AvgIpc) is 2.61. The molecule has 2 aliphatic heterocycles. The van der Waals surface area contributed by atoms with Gasteiger partial charge in [-0.25, -0.2) is 0 Å². The fraction of sp³-hybridized carbons (Fsp3) is 0.182. The number of fused-ring (bicyclic) bond motifs is 4. The first-order valence-corrected chi connectivity index (χ1v) is 18.4. The molecule has 2 heterocycles. The van der Waals surface area contributed by atoms with Crippen LogP contribution >= 0.6 is 0 Å². The molecule has 0 spiro atoms. The SMILES string of the molecule is C[Si]1(C)c2ccccc2N2c3cccc[c]3[Ge]([CH3])([CH3])[c]3cccc1c32. The van der Waals surface area contributed by atoms with E-state index in [4.69, 9.17) is 0 Å². The van der Waals surface area contributed by atoms with Crippen LogP contribution in [0.15, 0.2) is 66.7 Å². The molecule has 3 aromatic carbocycles. The average molecular weight is 402 g/mol. The van der Waals surface area contributed by atoms with Crippen molar-refractivity contribution < 1.29 is 0 Å². The van der Waals surface area contributed by atoms with Gasteiger partial charge in [0, 0.05) is 0 Å². The van der Waals surface area contributed by atoms with Crippen LogP contribution in [-0.4, -0.2) is 21.3 Å². The first-order chi connectivity index (χ1) is 11.9. The van der Waals surface area contributed by atoms with Crippen molar-refractivity contribution in [2.24, 2.45) is 0 Å². The van der Waals surface area contributed by atoms with Crippen molar-refractivity contribution in [1.82, 2.24) is 0 Å². The zero-order valence-electron chi connectivity index (χ0n) is 15.3. The molecule has 0 bridgehead atoms. The van der Waals surface area contributed by atoms with Gasteiger partial charge < -0.3 is 0 Å². The second-order valence-electron chi connectivity index (χ2n) is 8.32. The van der Waals surface area contributed by atoms with E-state index in [-0.39, 0.29) is 0 Å². The van der Waals surface area contributed by atoms with Crippen molar-refractivity contribution in [2.75, 3.05) is 4.90 Å². The van der Waals surface area contributed by atoms with Crippen LogP contribution in [0.3, 0.4) is 0 Å². The van der Waals surface area contributed by atoms with Crippen LogP contribution < -0.4 is 24.1 Å². The maximum absolute atomic E-state index is 2.57. The maximum atomic E-state index is 2.57. The summed E-state index contributed by atoms with van der Waals surface area (Å²) in [6.07, 6.45) is 0. The predicted molar refractivity (Wildman–Crippen MR) is 115 cm³/mol. The van der Waals surface area contributed by atoms with E-state index in [9.17, 15) is 0 Å². The number of nitrogens with zero attached hydrogens (tertiary/aromatic N) is 1. The first-order valence-electron chi connectivity index (χ1n) is 9.07. The molecule has 0 aromatic heterocycles. The van der Waals surface area contributed by atoms with E-state index in [0.29, 0.717) is 0 Å². The van der Waals surface area contributed by atoms with Crippen LogP contribution in [0.4, 0.5) is 17.1 Å². The molecule has 1 nitrogen and oxygen atoms in total. The Morgan fingerprint density at radius 3 is 2.08 bits per heavy atom. The van der Waals surface area contributed by atoms with Gasteiger partial charge in [-0.1, -0.05) is 0 Å². The molecule has 25 heavy (non-hydrogen) atoms. The summed E-state index contributed by atoms with van der Waals surface area (Å²) in [6.45, 7) is 5.03. The third-order valence-electron chi connectivity index (χ3n) is 6.24. The van der Waals surface area contributed by atoms with Gasteiger partial charge in [-0.15, -0.1) is 0 Å². The van der Waals surface area contributed by atoms with Gasteiger partial charge in [0.25, 0.3) is 0 Å². The number of rotatable bonds is 0. The van der Waals surface area contributed by atoms with Gasteiger partial charge in [0.2, 0.25) is 0 Å². The Morgan fingerprint density at radius 2 is 1.28 bits per heavy atom. The summed E-state index contributed by atoms with van der Waals surface area (Å²) in [4.78, 5) is 2.57. The molecule has 0 aliphatic carbocycles. The minimum atomic E-state index is -2.29. The molecule has 0 N–H and O–H groups in total. The summed E-state index contributed by atoms with van der Waals surface area (Å²) in [5.74, 6) is 5.11. The summed E-state index contributed by atoms with van der Waals surface area (Å²) in [5, 5.41) is 3.17. The van der Waals surface area contributed by atoms with E-state index < -0.39 is 21.3 Å². The second-order valence-corrected chi connectivity index (χ2v) is 21.7. The van der Waals surface area contributed by atoms with Crippen molar-refractivity contribution in [3.05, 3.63) is 66.7 Å². The molecular formula is C22H23GeNSi. The standard InChI is InChI=1S/C22H23GeNSi/c1-23(2)16-10-5-6-12-18(16)24-19-13-7-8-14-20(19)25(3,4)21-15-9-11-17(23)22(21)24/h5-15H,1-4H3. The molecule has 2 aliphatic rings. The molecule has 0 radical (unpaired) electrons. The van der Waals surface area contributed by atoms with E-state index in [1.165, 1.54) is 17.1 Å². The summed E-state index contributed by atoms with van der Waals surface area (Å²) >= 11 is -2.29. The molecule has 3 heteroatoms. The summed E-state index contributed by atoms with van der Waals surface area (Å²) < 4.78 is 3.25.